The first kappa shape index (κ1) is 12.8. The van der Waals surface area contributed by atoms with Gasteiger partial charge in [0.2, 0.25) is 5.56 Å². The molecule has 2 atom stereocenters. The summed E-state index contributed by atoms with van der Waals surface area (Å²) in [4.78, 5) is 27.9. The predicted octanol–water partition coefficient (Wildman–Crippen LogP) is 0.574. The Bertz CT molecular complexity index is 483. The fourth-order valence-electron chi connectivity index (χ4n) is 2.60. The summed E-state index contributed by atoms with van der Waals surface area (Å²) in [6, 6.07) is 3.05. The van der Waals surface area contributed by atoms with Gasteiger partial charge in [0.1, 0.15) is 0 Å². The van der Waals surface area contributed by atoms with Gasteiger partial charge in [0.05, 0.1) is 0 Å². The molecule has 5 nitrogen and oxygen atoms in total. The number of pyridine rings is 1. The number of H-pyrrole nitrogens is 1. The number of hydrogen-bond donors (Lipinski definition) is 2. The molecule has 2 rings (SSSR count). The van der Waals surface area contributed by atoms with Crippen LogP contribution in [0.25, 0.3) is 0 Å². The molecule has 1 aliphatic rings. The number of carbonyl (C=O) groups is 1. The monoisotopic (exact) mass is 249 g/mol. The zero-order chi connectivity index (χ0) is 13.1. The maximum Gasteiger partial charge on any atom is 0.254 e. The number of rotatable bonds is 2. The van der Waals surface area contributed by atoms with Gasteiger partial charge in [0.15, 0.2) is 0 Å². The zero-order valence-corrected chi connectivity index (χ0v) is 10.6. The molecular weight excluding hydrogens is 230 g/mol. The molecule has 0 unspecified atom stereocenters. The first-order valence-electron chi connectivity index (χ1n) is 6.33. The summed E-state index contributed by atoms with van der Waals surface area (Å²) in [6.45, 7) is 3.31. The van der Waals surface area contributed by atoms with Gasteiger partial charge < -0.3 is 15.6 Å². The molecule has 2 heterocycles. The van der Waals surface area contributed by atoms with Gasteiger partial charge in [-0.1, -0.05) is 6.92 Å². The Morgan fingerprint density at radius 2 is 2.39 bits per heavy atom. The molecule has 1 amide bonds. The number of hydrogen-bond acceptors (Lipinski definition) is 3. The molecule has 1 aromatic heterocycles. The normalized spacial score (nSPS) is 24.0. The fraction of sp³-hybridized carbons (Fsp3) is 0.538. The van der Waals surface area contributed by atoms with E-state index in [1.54, 1.807) is 6.07 Å². The molecule has 1 aromatic rings. The molecule has 0 aliphatic carbocycles. The molecule has 3 N–H and O–H groups in total. The minimum Gasteiger partial charge on any atom is -0.334 e. The molecule has 0 bridgehead atoms. The average Bonchev–Trinajstić information content (AvgIpc) is 2.37. The van der Waals surface area contributed by atoms with Gasteiger partial charge in [-0.2, -0.15) is 0 Å². The number of nitrogens with one attached hydrogen (secondary N) is 1. The van der Waals surface area contributed by atoms with E-state index in [4.69, 9.17) is 5.73 Å². The lowest BCUT2D eigenvalue weighted by atomic mass is 9.90. The van der Waals surface area contributed by atoms with E-state index in [-0.39, 0.29) is 17.5 Å². The minimum atomic E-state index is -0.254. The minimum absolute atomic E-state index is 0.0746. The van der Waals surface area contributed by atoms with Crippen LogP contribution in [0, 0.1) is 5.92 Å². The topological polar surface area (TPSA) is 79.2 Å². The van der Waals surface area contributed by atoms with E-state index in [0.29, 0.717) is 18.0 Å². The lowest BCUT2D eigenvalue weighted by Crippen LogP contribution is -2.51. The Kier molecular flexibility index (Phi) is 3.81. The summed E-state index contributed by atoms with van der Waals surface area (Å²) in [5.74, 6) is 0.317. The van der Waals surface area contributed by atoms with Crippen molar-refractivity contribution in [1.82, 2.24) is 9.88 Å². The predicted molar refractivity (Wildman–Crippen MR) is 69.3 cm³/mol. The highest BCUT2D eigenvalue weighted by Gasteiger charge is 2.31. The lowest BCUT2D eigenvalue weighted by molar-refractivity contribution is 0.0532. The third-order valence-corrected chi connectivity index (χ3v) is 3.64. The van der Waals surface area contributed by atoms with Crippen molar-refractivity contribution in [1.29, 1.82) is 0 Å². The van der Waals surface area contributed by atoms with Crippen molar-refractivity contribution >= 4 is 5.91 Å². The number of likely N-dealkylation sites (tertiary alicyclic amines) is 1. The number of aromatic amines is 1. The Morgan fingerprint density at radius 3 is 3.06 bits per heavy atom. The molecule has 0 radical (unpaired) electrons. The van der Waals surface area contributed by atoms with Crippen LogP contribution >= 0.6 is 0 Å². The van der Waals surface area contributed by atoms with E-state index in [0.717, 1.165) is 19.4 Å². The van der Waals surface area contributed by atoms with Crippen molar-refractivity contribution in [2.75, 3.05) is 13.1 Å². The van der Waals surface area contributed by atoms with Gasteiger partial charge in [-0.05, 0) is 24.8 Å². The SMILES string of the molecule is C[C@@H]1CCCN(C(=O)c2cc[nH]c(=O)c2)[C@H]1CN. The zero-order valence-electron chi connectivity index (χ0n) is 10.6. The average molecular weight is 249 g/mol. The maximum absolute atomic E-state index is 12.4. The molecule has 0 spiro atoms. The van der Waals surface area contributed by atoms with Crippen molar-refractivity contribution in [2.24, 2.45) is 11.7 Å². The Hall–Kier alpha value is -1.62. The number of nitrogens with two attached hydrogens (primary N) is 1. The first-order chi connectivity index (χ1) is 8.63. The number of amides is 1. The van der Waals surface area contributed by atoms with Gasteiger partial charge in [-0.3, -0.25) is 9.59 Å². The van der Waals surface area contributed by atoms with E-state index >= 15 is 0 Å². The summed E-state index contributed by atoms with van der Waals surface area (Å²) < 4.78 is 0. The number of aromatic nitrogens is 1. The van der Waals surface area contributed by atoms with Crippen molar-refractivity contribution in [3.05, 3.63) is 34.2 Å². The Balaban J connectivity index is 2.24. The van der Waals surface area contributed by atoms with Gasteiger partial charge in [0.25, 0.3) is 5.91 Å². The van der Waals surface area contributed by atoms with E-state index < -0.39 is 0 Å². The molecule has 98 valence electrons. The Labute approximate surface area is 106 Å². The third kappa shape index (κ3) is 2.46. The van der Waals surface area contributed by atoms with Crippen LogP contribution in [0.5, 0.6) is 0 Å². The highest BCUT2D eigenvalue weighted by molar-refractivity contribution is 5.94. The van der Waals surface area contributed by atoms with Crippen LogP contribution < -0.4 is 11.3 Å². The highest BCUT2D eigenvalue weighted by Crippen LogP contribution is 2.23. The molecule has 1 aliphatic heterocycles. The summed E-state index contributed by atoms with van der Waals surface area (Å²) in [5, 5.41) is 0. The second kappa shape index (κ2) is 5.35. The van der Waals surface area contributed by atoms with Crippen molar-refractivity contribution in [3.8, 4) is 0 Å². The van der Waals surface area contributed by atoms with Gasteiger partial charge in [-0.25, -0.2) is 0 Å². The van der Waals surface area contributed by atoms with Gasteiger partial charge in [0, 0.05) is 37.0 Å². The molecule has 5 heteroatoms. The molecule has 0 aromatic carbocycles. The summed E-state index contributed by atoms with van der Waals surface area (Å²) in [5.41, 5.74) is 5.95. The van der Waals surface area contributed by atoms with E-state index in [2.05, 4.69) is 11.9 Å². The number of piperidine rings is 1. The van der Waals surface area contributed by atoms with Gasteiger partial charge >= 0.3 is 0 Å². The second-order valence-electron chi connectivity index (χ2n) is 4.86. The van der Waals surface area contributed by atoms with E-state index in [1.165, 1.54) is 12.3 Å². The smallest absolute Gasteiger partial charge is 0.254 e. The molecular formula is C13H19N3O2. The largest absolute Gasteiger partial charge is 0.334 e. The van der Waals surface area contributed by atoms with Crippen molar-refractivity contribution in [2.45, 2.75) is 25.8 Å². The van der Waals surface area contributed by atoms with E-state index in [1.807, 2.05) is 4.90 Å². The second-order valence-corrected chi connectivity index (χ2v) is 4.86. The standard InChI is InChI=1S/C13H19N3O2/c1-9-3-2-6-16(11(9)8-14)13(18)10-4-5-15-12(17)7-10/h4-5,7,9,11H,2-3,6,8,14H2,1H3,(H,15,17)/t9-,11+/m1/s1. The van der Waals surface area contributed by atoms with Crippen molar-refractivity contribution < 1.29 is 4.79 Å². The van der Waals surface area contributed by atoms with Crippen LogP contribution in [0.15, 0.2) is 23.1 Å². The summed E-state index contributed by atoms with van der Waals surface area (Å²) in [7, 11) is 0. The highest BCUT2D eigenvalue weighted by atomic mass is 16.2. The Morgan fingerprint density at radius 1 is 1.61 bits per heavy atom. The quantitative estimate of drug-likeness (QED) is 0.804. The van der Waals surface area contributed by atoms with Crippen LogP contribution in [-0.4, -0.2) is 34.9 Å². The van der Waals surface area contributed by atoms with Crippen LogP contribution in [0.3, 0.4) is 0 Å². The number of carbonyl (C=O) groups excluding carboxylic acids is 1. The van der Waals surface area contributed by atoms with Crippen molar-refractivity contribution in [3.63, 3.8) is 0 Å². The summed E-state index contributed by atoms with van der Waals surface area (Å²) >= 11 is 0. The first-order valence-corrected chi connectivity index (χ1v) is 6.33. The van der Waals surface area contributed by atoms with E-state index in [9.17, 15) is 9.59 Å². The fourth-order valence-corrected chi connectivity index (χ4v) is 2.60. The number of nitrogens with zero attached hydrogens (tertiary/aromatic N) is 1. The summed E-state index contributed by atoms with van der Waals surface area (Å²) in [6.07, 6.45) is 3.59. The van der Waals surface area contributed by atoms with Crippen LogP contribution in [0.1, 0.15) is 30.1 Å². The van der Waals surface area contributed by atoms with Crippen LogP contribution in [0.4, 0.5) is 0 Å². The molecule has 18 heavy (non-hydrogen) atoms. The maximum atomic E-state index is 12.4. The van der Waals surface area contributed by atoms with Crippen LogP contribution in [0.2, 0.25) is 0 Å². The van der Waals surface area contributed by atoms with Gasteiger partial charge in [-0.15, -0.1) is 0 Å². The van der Waals surface area contributed by atoms with Crippen LogP contribution in [-0.2, 0) is 0 Å². The molecule has 0 saturated carbocycles. The molecule has 1 saturated heterocycles. The lowest BCUT2D eigenvalue weighted by Gasteiger charge is -2.39. The molecule has 1 fully saturated rings. The third-order valence-electron chi connectivity index (χ3n) is 3.64.